The van der Waals surface area contributed by atoms with Crippen LogP contribution in [0, 0.1) is 22.7 Å². The Morgan fingerprint density at radius 3 is 2.47 bits per heavy atom. The Morgan fingerprint density at radius 2 is 2.07 bits per heavy atom. The summed E-state index contributed by atoms with van der Waals surface area (Å²) in [6.45, 7) is 9.07. The van der Waals surface area contributed by atoms with Gasteiger partial charge in [-0.1, -0.05) is 26.8 Å². The van der Waals surface area contributed by atoms with Crippen LogP contribution < -0.4 is 0 Å². The summed E-state index contributed by atoms with van der Waals surface area (Å²) in [6, 6.07) is 0. The predicted molar refractivity (Wildman–Crippen MR) is 62.2 cm³/mol. The van der Waals surface area contributed by atoms with Crippen LogP contribution in [0.25, 0.3) is 0 Å². The fourth-order valence-electron chi connectivity index (χ4n) is 3.85. The van der Waals surface area contributed by atoms with Crippen molar-refractivity contribution in [2.45, 2.75) is 47.0 Å². The summed E-state index contributed by atoms with van der Waals surface area (Å²) in [6.07, 6.45) is 8.12. The van der Waals surface area contributed by atoms with Crippen LogP contribution in [0.1, 0.15) is 47.0 Å². The van der Waals surface area contributed by atoms with Gasteiger partial charge in [0.25, 0.3) is 0 Å². The summed E-state index contributed by atoms with van der Waals surface area (Å²) in [5, 5.41) is 0. The predicted octanol–water partition coefficient (Wildman–Crippen LogP) is 3.50. The maximum atomic E-state index is 10.6. The van der Waals surface area contributed by atoms with Crippen LogP contribution in [-0.2, 0) is 4.79 Å². The first kappa shape index (κ1) is 10.9. The minimum absolute atomic E-state index is 0.399. The molecule has 1 nitrogen and oxygen atoms in total. The largest absolute Gasteiger partial charge is 0.285 e. The maximum absolute atomic E-state index is 10.6. The minimum Gasteiger partial charge on any atom is -0.285 e. The molecule has 0 amide bonds. The van der Waals surface area contributed by atoms with Crippen LogP contribution in [0.5, 0.6) is 0 Å². The van der Waals surface area contributed by atoms with E-state index in [-0.39, 0.29) is 0 Å². The van der Waals surface area contributed by atoms with E-state index in [0.717, 1.165) is 11.5 Å². The highest BCUT2D eigenvalue weighted by Crippen LogP contribution is 2.68. The molecule has 3 unspecified atom stereocenters. The molecule has 2 aliphatic rings. The lowest BCUT2D eigenvalue weighted by Crippen LogP contribution is -2.31. The molecule has 2 rings (SSSR count). The second kappa shape index (κ2) is 3.20. The lowest BCUT2D eigenvalue weighted by atomic mass is 9.66. The first-order valence-corrected chi connectivity index (χ1v) is 5.98. The molecule has 0 heterocycles. The van der Waals surface area contributed by atoms with Crippen molar-refractivity contribution in [3.05, 3.63) is 11.6 Å². The first-order valence-electron chi connectivity index (χ1n) is 5.98. The van der Waals surface area contributed by atoms with E-state index in [9.17, 15) is 4.79 Å². The molecule has 1 heteroatoms. The van der Waals surface area contributed by atoms with Gasteiger partial charge in [0, 0.05) is 0 Å². The Balaban J connectivity index is 2.30. The molecule has 0 saturated heterocycles. The average molecular weight is 205 g/mol. The fourth-order valence-corrected chi connectivity index (χ4v) is 3.85. The first-order chi connectivity index (χ1) is 6.91. The van der Waals surface area contributed by atoms with Gasteiger partial charge < -0.3 is 0 Å². The van der Waals surface area contributed by atoms with Gasteiger partial charge in [0.15, 0.2) is 0 Å². The highest BCUT2D eigenvalue weighted by Gasteiger charge is 2.60. The van der Waals surface area contributed by atoms with E-state index >= 15 is 0 Å². The summed E-state index contributed by atoms with van der Waals surface area (Å²) >= 11 is 0. The van der Waals surface area contributed by atoms with Gasteiger partial charge >= 0.3 is 0 Å². The highest BCUT2D eigenvalue weighted by atomic mass is 16.1. The zero-order valence-corrected chi connectivity index (χ0v) is 10.3. The van der Waals surface area contributed by atoms with Gasteiger partial charge in [-0.25, -0.2) is 0 Å². The van der Waals surface area contributed by atoms with Crippen molar-refractivity contribution < 1.29 is 4.79 Å². The van der Waals surface area contributed by atoms with Crippen LogP contribution in [0.4, 0.5) is 0 Å². The molecule has 2 saturated carbocycles. The van der Waals surface area contributed by atoms with E-state index in [2.05, 4.69) is 26.8 Å². The summed E-state index contributed by atoms with van der Waals surface area (Å²) in [7, 11) is 0. The molecule has 2 aliphatic carbocycles. The number of allylic oxidation sites excluding steroid dienone is 2. The molecule has 83 valence electrons. The number of hydrogen-bond donors (Lipinski definition) is 0. The smallest absolute Gasteiger partial charge is 0.228 e. The van der Waals surface area contributed by atoms with Crippen LogP contribution in [0.3, 0.4) is 0 Å². The molecule has 2 fully saturated rings. The Bertz CT molecular complexity index is 313. The van der Waals surface area contributed by atoms with Crippen molar-refractivity contribution >= 4 is 6.29 Å². The molecule has 15 heavy (non-hydrogen) atoms. The molecular weight excluding hydrogens is 184 g/mol. The van der Waals surface area contributed by atoms with Gasteiger partial charge in [-0.3, -0.25) is 4.79 Å². The van der Waals surface area contributed by atoms with E-state index in [4.69, 9.17) is 0 Å². The lowest BCUT2D eigenvalue weighted by molar-refractivity contribution is 0.123. The number of hydrogen-bond acceptors (Lipinski definition) is 1. The molecule has 0 aromatic heterocycles. The third-order valence-electron chi connectivity index (χ3n) is 5.47. The lowest BCUT2D eigenvalue weighted by Gasteiger charge is -2.38. The minimum atomic E-state index is 0.399. The van der Waals surface area contributed by atoms with E-state index in [1.54, 1.807) is 0 Å². The Hall–Kier alpha value is -0.590. The number of carbonyl (C=O) groups excluding carboxylic acids is 1. The van der Waals surface area contributed by atoms with Gasteiger partial charge in [-0.2, -0.15) is 0 Å². The third kappa shape index (κ3) is 1.32. The van der Waals surface area contributed by atoms with Gasteiger partial charge in [0.1, 0.15) is 0 Å². The van der Waals surface area contributed by atoms with E-state index < -0.39 is 0 Å². The van der Waals surface area contributed by atoms with E-state index in [1.165, 1.54) is 19.3 Å². The Morgan fingerprint density at radius 1 is 1.40 bits per heavy atom. The van der Waals surface area contributed by atoms with Gasteiger partial charge in [0.05, 0.1) is 0 Å². The van der Waals surface area contributed by atoms with Crippen LogP contribution in [0.15, 0.2) is 11.6 Å². The van der Waals surface area contributed by atoms with Gasteiger partial charge in [-0.15, -0.1) is 0 Å². The van der Waals surface area contributed by atoms with Crippen LogP contribution in [0.2, 0.25) is 0 Å². The van der Waals surface area contributed by atoms with Crippen LogP contribution in [-0.4, -0.2) is 6.29 Å². The second-order valence-corrected chi connectivity index (χ2v) is 6.17. The van der Waals surface area contributed by atoms with Crippen molar-refractivity contribution in [3.63, 3.8) is 0 Å². The average Bonchev–Trinajstić information content (AvgIpc) is 2.50. The van der Waals surface area contributed by atoms with Gasteiger partial charge in [0.2, 0.25) is 6.29 Å². The summed E-state index contributed by atoms with van der Waals surface area (Å²) in [5.41, 5.74) is 1.62. The molecule has 0 aliphatic heterocycles. The van der Waals surface area contributed by atoms with Crippen molar-refractivity contribution in [3.8, 4) is 0 Å². The Labute approximate surface area is 92.9 Å². The molecule has 0 aromatic rings. The molecule has 0 spiro atoms. The quantitative estimate of drug-likeness (QED) is 0.630. The summed E-state index contributed by atoms with van der Waals surface area (Å²) < 4.78 is 0. The molecule has 1 radical (unpaired) electrons. The van der Waals surface area contributed by atoms with E-state index in [1.807, 2.05) is 13.2 Å². The number of fused-ring (bicyclic) bond motifs is 2. The SMILES string of the molecule is CC([C]=O)=CC1CC2CCC1(C)C2(C)C. The van der Waals surface area contributed by atoms with Crippen molar-refractivity contribution in [1.29, 1.82) is 0 Å². The molecule has 2 bridgehead atoms. The summed E-state index contributed by atoms with van der Waals surface area (Å²) in [4.78, 5) is 10.6. The standard InChI is InChI=1S/C14H21O/c1-10(9-15)7-12-8-11-5-6-14(12,4)13(11,2)3/h7,11-12H,5-6,8H2,1-4H3. The summed E-state index contributed by atoms with van der Waals surface area (Å²) in [5.74, 6) is 1.44. The van der Waals surface area contributed by atoms with Crippen molar-refractivity contribution in [2.24, 2.45) is 22.7 Å². The van der Waals surface area contributed by atoms with E-state index in [0.29, 0.717) is 16.7 Å². The maximum Gasteiger partial charge on any atom is 0.228 e. The topological polar surface area (TPSA) is 17.1 Å². The van der Waals surface area contributed by atoms with Gasteiger partial charge in [-0.05, 0) is 54.4 Å². The second-order valence-electron chi connectivity index (χ2n) is 6.17. The molecule has 0 N–H and O–H groups in total. The fraction of sp³-hybridized carbons (Fsp3) is 0.786. The monoisotopic (exact) mass is 205 g/mol. The van der Waals surface area contributed by atoms with Crippen molar-refractivity contribution in [1.82, 2.24) is 0 Å². The molecule has 3 atom stereocenters. The Kier molecular flexibility index (Phi) is 2.33. The highest BCUT2D eigenvalue weighted by molar-refractivity contribution is 5.72. The zero-order chi connectivity index (χ0) is 11.3. The zero-order valence-electron chi connectivity index (χ0n) is 10.3. The van der Waals surface area contributed by atoms with Crippen LogP contribution >= 0.6 is 0 Å². The normalized spacial score (nSPS) is 43.3. The van der Waals surface area contributed by atoms with Crippen molar-refractivity contribution in [2.75, 3.05) is 0 Å². The molecule has 0 aromatic carbocycles. The third-order valence-corrected chi connectivity index (χ3v) is 5.47. The molecular formula is C14H21O. The number of rotatable bonds is 2.